The Morgan fingerprint density at radius 2 is 1.77 bits per heavy atom. The van der Waals surface area contributed by atoms with Gasteiger partial charge in [0, 0.05) is 26.1 Å². The number of ether oxygens (including phenoxy) is 4. The number of carbonyl (C=O) groups is 2. The summed E-state index contributed by atoms with van der Waals surface area (Å²) in [5.41, 5.74) is 0.169. The highest BCUT2D eigenvalue weighted by molar-refractivity contribution is 5.86. The van der Waals surface area contributed by atoms with Gasteiger partial charge in [-0.05, 0) is 38.7 Å². The lowest BCUT2D eigenvalue weighted by Crippen LogP contribution is -2.47. The lowest BCUT2D eigenvalue weighted by molar-refractivity contribution is -0.169. The van der Waals surface area contributed by atoms with Gasteiger partial charge in [0.25, 0.3) is 0 Å². The van der Waals surface area contributed by atoms with E-state index in [1.54, 1.807) is 11.8 Å². The maximum Gasteiger partial charge on any atom is 0.314 e. The molecule has 0 N–H and O–H groups in total. The number of benzene rings is 1. The molecule has 31 heavy (non-hydrogen) atoms. The third kappa shape index (κ3) is 8.97. The molecule has 0 bridgehead atoms. The zero-order valence-electron chi connectivity index (χ0n) is 18.3. The van der Waals surface area contributed by atoms with Crippen LogP contribution in [-0.2, 0) is 35.0 Å². The molecule has 1 aliphatic heterocycles. The van der Waals surface area contributed by atoms with Crippen molar-refractivity contribution < 1.29 is 28.5 Å². The second kappa shape index (κ2) is 14.9. The highest BCUT2D eigenvalue weighted by atomic mass is 16.7. The molecule has 1 atom stereocenters. The number of carbonyl (C=O) groups excluding carboxylic acids is 2. The molecule has 1 aromatic rings. The Morgan fingerprint density at radius 3 is 2.42 bits per heavy atom. The Balaban J connectivity index is 0.00000480. The summed E-state index contributed by atoms with van der Waals surface area (Å²) in [7, 11) is 0. The standard InChI is InChI=1S/C23H35NO6.CH4/c1-3-27-19-29-18-23(22(26)30-4-2,12-8-11-20-9-6-5-7-10-20)17-21(25)24-13-15-28-16-14-24;/h5-7,9-10H,3-4,8,11-19H2,1-2H3;1H4. The van der Waals surface area contributed by atoms with E-state index in [0.29, 0.717) is 39.3 Å². The summed E-state index contributed by atoms with van der Waals surface area (Å²) < 4.78 is 21.7. The van der Waals surface area contributed by atoms with Crippen molar-refractivity contribution in [2.24, 2.45) is 5.41 Å². The minimum absolute atomic E-state index is 0. The van der Waals surface area contributed by atoms with E-state index in [9.17, 15) is 9.59 Å². The molecular formula is C24H39NO6. The predicted octanol–water partition coefficient (Wildman–Crippen LogP) is 3.45. The SMILES string of the molecule is C.CCOCOCC(CCCc1ccccc1)(CC(=O)N1CCOCC1)C(=O)OCC. The zero-order chi connectivity index (χ0) is 21.7. The molecule has 7 nitrogen and oxygen atoms in total. The molecule has 1 heterocycles. The smallest absolute Gasteiger partial charge is 0.314 e. The van der Waals surface area contributed by atoms with Crippen LogP contribution in [0.5, 0.6) is 0 Å². The van der Waals surface area contributed by atoms with Crippen LogP contribution in [0.3, 0.4) is 0 Å². The summed E-state index contributed by atoms with van der Waals surface area (Å²) in [5.74, 6) is -0.442. The lowest BCUT2D eigenvalue weighted by atomic mass is 9.79. The number of esters is 1. The minimum atomic E-state index is -1.03. The predicted molar refractivity (Wildman–Crippen MR) is 120 cm³/mol. The second-order valence-electron chi connectivity index (χ2n) is 7.47. The van der Waals surface area contributed by atoms with Crippen LogP contribution in [0, 0.1) is 5.41 Å². The van der Waals surface area contributed by atoms with Gasteiger partial charge in [-0.15, -0.1) is 0 Å². The summed E-state index contributed by atoms with van der Waals surface area (Å²) in [6.45, 7) is 6.74. The maximum atomic E-state index is 13.1. The van der Waals surface area contributed by atoms with E-state index in [4.69, 9.17) is 18.9 Å². The third-order valence-corrected chi connectivity index (χ3v) is 5.27. The lowest BCUT2D eigenvalue weighted by Gasteiger charge is -2.34. The van der Waals surface area contributed by atoms with Gasteiger partial charge in [0.15, 0.2) is 0 Å². The van der Waals surface area contributed by atoms with Crippen LogP contribution in [0.4, 0.5) is 0 Å². The van der Waals surface area contributed by atoms with Gasteiger partial charge in [-0.3, -0.25) is 9.59 Å². The molecule has 7 heteroatoms. The van der Waals surface area contributed by atoms with E-state index in [-0.39, 0.29) is 45.7 Å². The molecule has 1 amide bonds. The highest BCUT2D eigenvalue weighted by Gasteiger charge is 2.43. The van der Waals surface area contributed by atoms with Crippen LogP contribution in [0.1, 0.15) is 46.1 Å². The molecule has 0 spiro atoms. The van der Waals surface area contributed by atoms with E-state index in [2.05, 4.69) is 12.1 Å². The summed E-state index contributed by atoms with van der Waals surface area (Å²) in [6, 6.07) is 10.1. The first kappa shape index (κ1) is 27.1. The van der Waals surface area contributed by atoms with Crippen LogP contribution >= 0.6 is 0 Å². The van der Waals surface area contributed by atoms with Crippen LogP contribution in [0.25, 0.3) is 0 Å². The average molecular weight is 438 g/mol. The molecule has 0 saturated carbocycles. The van der Waals surface area contributed by atoms with Gasteiger partial charge in [0.2, 0.25) is 5.91 Å². The van der Waals surface area contributed by atoms with E-state index in [1.807, 2.05) is 25.1 Å². The van der Waals surface area contributed by atoms with Crippen molar-refractivity contribution in [1.29, 1.82) is 0 Å². The molecule has 2 rings (SSSR count). The van der Waals surface area contributed by atoms with Crippen molar-refractivity contribution in [1.82, 2.24) is 4.90 Å². The number of hydrogen-bond donors (Lipinski definition) is 0. The molecule has 0 aromatic heterocycles. The molecule has 1 aromatic carbocycles. The van der Waals surface area contributed by atoms with Gasteiger partial charge in [0.05, 0.1) is 26.4 Å². The quantitative estimate of drug-likeness (QED) is 0.267. The summed E-state index contributed by atoms with van der Waals surface area (Å²) in [4.78, 5) is 27.8. The monoisotopic (exact) mass is 437 g/mol. The van der Waals surface area contributed by atoms with E-state index < -0.39 is 5.41 Å². The first-order valence-electron chi connectivity index (χ1n) is 10.8. The van der Waals surface area contributed by atoms with Crippen molar-refractivity contribution in [2.75, 3.05) is 52.9 Å². The average Bonchev–Trinajstić information content (AvgIpc) is 2.78. The number of hydrogen-bond acceptors (Lipinski definition) is 6. The van der Waals surface area contributed by atoms with E-state index >= 15 is 0 Å². The first-order chi connectivity index (χ1) is 14.6. The fourth-order valence-corrected chi connectivity index (χ4v) is 3.60. The van der Waals surface area contributed by atoms with Gasteiger partial charge < -0.3 is 23.8 Å². The Morgan fingerprint density at radius 1 is 1.06 bits per heavy atom. The summed E-state index contributed by atoms with van der Waals surface area (Å²) in [6.07, 6.45) is 2.13. The van der Waals surface area contributed by atoms with Gasteiger partial charge >= 0.3 is 5.97 Å². The van der Waals surface area contributed by atoms with Crippen LogP contribution in [0.2, 0.25) is 0 Å². The molecule has 176 valence electrons. The number of aryl methyl sites for hydroxylation is 1. The molecule has 1 aliphatic rings. The van der Waals surface area contributed by atoms with Gasteiger partial charge in [0.1, 0.15) is 12.2 Å². The van der Waals surface area contributed by atoms with Crippen molar-refractivity contribution in [2.45, 2.75) is 47.0 Å². The number of nitrogens with zero attached hydrogens (tertiary/aromatic N) is 1. The highest BCUT2D eigenvalue weighted by Crippen LogP contribution is 2.33. The van der Waals surface area contributed by atoms with Gasteiger partial charge in [-0.25, -0.2) is 0 Å². The molecule has 1 fully saturated rings. The van der Waals surface area contributed by atoms with Crippen LogP contribution in [-0.4, -0.2) is 69.7 Å². The Bertz CT molecular complexity index is 632. The molecular weight excluding hydrogens is 398 g/mol. The molecule has 1 unspecified atom stereocenters. The van der Waals surface area contributed by atoms with Crippen LogP contribution < -0.4 is 0 Å². The number of rotatable bonds is 13. The van der Waals surface area contributed by atoms with E-state index in [1.165, 1.54) is 5.56 Å². The minimum Gasteiger partial charge on any atom is -0.465 e. The normalized spacial score (nSPS) is 15.6. The first-order valence-corrected chi connectivity index (χ1v) is 10.8. The number of morpholine rings is 1. The fourth-order valence-electron chi connectivity index (χ4n) is 3.60. The summed E-state index contributed by atoms with van der Waals surface area (Å²) in [5, 5.41) is 0. The molecule has 0 aliphatic carbocycles. The van der Waals surface area contributed by atoms with Crippen molar-refractivity contribution in [3.05, 3.63) is 35.9 Å². The third-order valence-electron chi connectivity index (χ3n) is 5.27. The molecule has 1 saturated heterocycles. The topological polar surface area (TPSA) is 74.3 Å². The van der Waals surface area contributed by atoms with Gasteiger partial charge in [-0.2, -0.15) is 0 Å². The Labute approximate surface area is 187 Å². The largest absolute Gasteiger partial charge is 0.465 e. The van der Waals surface area contributed by atoms with Gasteiger partial charge in [-0.1, -0.05) is 37.8 Å². The second-order valence-corrected chi connectivity index (χ2v) is 7.47. The number of amides is 1. The van der Waals surface area contributed by atoms with Crippen molar-refractivity contribution >= 4 is 11.9 Å². The fraction of sp³-hybridized carbons (Fsp3) is 0.667. The molecule has 0 radical (unpaired) electrons. The maximum absolute atomic E-state index is 13.1. The zero-order valence-corrected chi connectivity index (χ0v) is 18.3. The van der Waals surface area contributed by atoms with Crippen LogP contribution in [0.15, 0.2) is 30.3 Å². The van der Waals surface area contributed by atoms with Crippen molar-refractivity contribution in [3.63, 3.8) is 0 Å². The Kier molecular flexibility index (Phi) is 13.1. The Hall–Kier alpha value is -1.96. The van der Waals surface area contributed by atoms with E-state index in [0.717, 1.165) is 12.8 Å². The summed E-state index contributed by atoms with van der Waals surface area (Å²) >= 11 is 0. The van der Waals surface area contributed by atoms with Crippen molar-refractivity contribution in [3.8, 4) is 0 Å².